The summed E-state index contributed by atoms with van der Waals surface area (Å²) in [6.07, 6.45) is 1.35. The smallest absolute Gasteiger partial charge is 0.273 e. The minimum absolute atomic E-state index is 0.0535. The molecule has 10 nitrogen and oxygen atoms in total. The number of furan rings is 1. The highest BCUT2D eigenvalue weighted by molar-refractivity contribution is 5.95. The van der Waals surface area contributed by atoms with E-state index in [-0.39, 0.29) is 23.6 Å². The first-order chi connectivity index (χ1) is 18.0. The maximum atomic E-state index is 12.9. The summed E-state index contributed by atoms with van der Waals surface area (Å²) >= 11 is 0. The lowest BCUT2D eigenvalue weighted by Gasteiger charge is -2.14. The molecule has 0 saturated heterocycles. The zero-order chi connectivity index (χ0) is 25.9. The fraction of sp³-hybridized carbons (Fsp3) is 0.0741. The summed E-state index contributed by atoms with van der Waals surface area (Å²) in [5.41, 5.74) is 4.14. The van der Waals surface area contributed by atoms with Gasteiger partial charge in [-0.15, -0.1) is 0 Å². The minimum atomic E-state index is -0.506. The molecular formula is C27H20N4O6. The van der Waals surface area contributed by atoms with Crippen molar-refractivity contribution in [1.29, 1.82) is 0 Å². The summed E-state index contributed by atoms with van der Waals surface area (Å²) in [6.45, 7) is -0.0535. The highest BCUT2D eigenvalue weighted by atomic mass is 16.6. The Morgan fingerprint density at radius 1 is 1.05 bits per heavy atom. The first kappa shape index (κ1) is 23.5. The molecule has 37 heavy (non-hydrogen) atoms. The summed E-state index contributed by atoms with van der Waals surface area (Å²) in [7, 11) is 1.42. The Kier molecular flexibility index (Phi) is 6.21. The number of hydrogen-bond acceptors (Lipinski definition) is 7. The van der Waals surface area contributed by atoms with Gasteiger partial charge in [0.1, 0.15) is 23.8 Å². The van der Waals surface area contributed by atoms with Gasteiger partial charge in [-0.1, -0.05) is 24.3 Å². The molecule has 0 spiro atoms. The molecule has 0 bridgehead atoms. The Bertz CT molecular complexity index is 1690. The average Bonchev–Trinajstić information content (AvgIpc) is 3.39. The molecule has 0 atom stereocenters. The van der Waals surface area contributed by atoms with E-state index in [1.54, 1.807) is 53.1 Å². The SMILES string of the molecule is COc1cc([N+](=O)[O-])ccc1-c1ccc(C=NNC(=O)Cn2c3ccccc3c(=O)c3ccccc32)o1. The monoisotopic (exact) mass is 496 g/mol. The predicted molar refractivity (Wildman–Crippen MR) is 139 cm³/mol. The Labute approximate surface area is 209 Å². The number of non-ortho nitro benzene ring substituents is 1. The van der Waals surface area contributed by atoms with E-state index in [0.29, 0.717) is 44.6 Å². The van der Waals surface area contributed by atoms with Gasteiger partial charge < -0.3 is 13.7 Å². The van der Waals surface area contributed by atoms with Crippen LogP contribution in [-0.4, -0.2) is 28.7 Å². The van der Waals surface area contributed by atoms with Crippen molar-refractivity contribution >= 4 is 39.6 Å². The highest BCUT2D eigenvalue weighted by Gasteiger charge is 2.16. The van der Waals surface area contributed by atoms with Crippen LogP contribution in [0.5, 0.6) is 5.75 Å². The van der Waals surface area contributed by atoms with Crippen LogP contribution in [0.15, 0.2) is 93.2 Å². The number of nitrogens with one attached hydrogen (secondary N) is 1. The van der Waals surface area contributed by atoms with Gasteiger partial charge in [-0.2, -0.15) is 5.10 Å². The van der Waals surface area contributed by atoms with Gasteiger partial charge in [0.05, 0.1) is 40.9 Å². The normalized spacial score (nSPS) is 11.3. The van der Waals surface area contributed by atoms with Gasteiger partial charge in [0, 0.05) is 16.8 Å². The lowest BCUT2D eigenvalue weighted by molar-refractivity contribution is -0.384. The van der Waals surface area contributed by atoms with Crippen LogP contribution in [0.4, 0.5) is 5.69 Å². The summed E-state index contributed by atoms with van der Waals surface area (Å²) < 4.78 is 12.8. The highest BCUT2D eigenvalue weighted by Crippen LogP contribution is 2.34. The van der Waals surface area contributed by atoms with Gasteiger partial charge in [0.25, 0.3) is 11.6 Å². The second kappa shape index (κ2) is 9.78. The number of carbonyl (C=O) groups excluding carboxylic acids is 1. The zero-order valence-electron chi connectivity index (χ0n) is 19.6. The average molecular weight is 496 g/mol. The maximum absolute atomic E-state index is 12.9. The lowest BCUT2D eigenvalue weighted by atomic mass is 10.1. The number of benzene rings is 3. The molecule has 1 N–H and O–H groups in total. The third-order valence-corrected chi connectivity index (χ3v) is 5.85. The molecule has 5 aromatic rings. The van der Waals surface area contributed by atoms with Gasteiger partial charge in [-0.05, 0) is 42.5 Å². The zero-order valence-corrected chi connectivity index (χ0v) is 19.6. The van der Waals surface area contributed by atoms with Crippen LogP contribution in [0.1, 0.15) is 5.76 Å². The number of hydrazone groups is 1. The van der Waals surface area contributed by atoms with Crippen molar-refractivity contribution in [3.63, 3.8) is 0 Å². The number of fused-ring (bicyclic) bond motifs is 2. The van der Waals surface area contributed by atoms with Gasteiger partial charge in [0.15, 0.2) is 5.43 Å². The van der Waals surface area contributed by atoms with Crippen molar-refractivity contribution in [2.45, 2.75) is 6.54 Å². The van der Waals surface area contributed by atoms with Crippen molar-refractivity contribution in [2.75, 3.05) is 7.11 Å². The van der Waals surface area contributed by atoms with Crippen LogP contribution in [0, 0.1) is 10.1 Å². The Hall–Kier alpha value is -5.25. The fourth-order valence-electron chi connectivity index (χ4n) is 4.16. The number of carbonyl (C=O) groups is 1. The van der Waals surface area contributed by atoms with E-state index in [2.05, 4.69) is 10.5 Å². The first-order valence-electron chi connectivity index (χ1n) is 11.2. The predicted octanol–water partition coefficient (Wildman–Crippen LogP) is 4.48. The lowest BCUT2D eigenvalue weighted by Crippen LogP contribution is -2.25. The van der Waals surface area contributed by atoms with Crippen molar-refractivity contribution < 1.29 is 18.9 Å². The summed E-state index contributed by atoms with van der Waals surface area (Å²) in [4.78, 5) is 36.1. The van der Waals surface area contributed by atoms with E-state index in [4.69, 9.17) is 9.15 Å². The molecule has 0 radical (unpaired) electrons. The summed E-state index contributed by atoms with van der Waals surface area (Å²) in [6, 6.07) is 21.8. The summed E-state index contributed by atoms with van der Waals surface area (Å²) in [5, 5.41) is 16.1. The van der Waals surface area contributed by atoms with Crippen LogP contribution in [0.25, 0.3) is 33.1 Å². The van der Waals surface area contributed by atoms with E-state index in [0.717, 1.165) is 0 Å². The number of pyridine rings is 1. The molecule has 0 aliphatic carbocycles. The van der Waals surface area contributed by atoms with Gasteiger partial charge in [-0.25, -0.2) is 5.43 Å². The fourth-order valence-corrected chi connectivity index (χ4v) is 4.16. The number of amides is 1. The number of ether oxygens (including phenoxy) is 1. The Balaban J connectivity index is 1.35. The number of nitro benzene ring substituents is 1. The molecule has 0 aliphatic heterocycles. The largest absolute Gasteiger partial charge is 0.496 e. The number of rotatable bonds is 7. The standard InChI is InChI=1S/C27H20N4O6/c1-36-25-14-17(31(34)35)10-12-21(25)24-13-11-18(37-24)15-28-29-26(32)16-30-22-8-4-2-6-19(22)27(33)20-7-3-5-9-23(20)30/h2-15H,16H2,1H3,(H,29,32). The molecule has 0 saturated carbocycles. The molecule has 5 rings (SSSR count). The van der Waals surface area contributed by atoms with E-state index in [1.807, 2.05) is 12.1 Å². The number of aromatic nitrogens is 1. The first-order valence-corrected chi connectivity index (χ1v) is 11.2. The van der Waals surface area contributed by atoms with Crippen molar-refractivity contribution in [3.05, 3.63) is 105 Å². The second-order valence-electron chi connectivity index (χ2n) is 8.09. The van der Waals surface area contributed by atoms with Crippen molar-refractivity contribution in [1.82, 2.24) is 9.99 Å². The van der Waals surface area contributed by atoms with Crippen molar-refractivity contribution in [3.8, 4) is 17.1 Å². The van der Waals surface area contributed by atoms with E-state index >= 15 is 0 Å². The third-order valence-electron chi connectivity index (χ3n) is 5.85. The van der Waals surface area contributed by atoms with E-state index in [1.165, 1.54) is 31.5 Å². The number of methoxy groups -OCH3 is 1. The molecule has 0 aliphatic rings. The molecule has 2 heterocycles. The number of para-hydroxylation sites is 2. The van der Waals surface area contributed by atoms with E-state index in [9.17, 15) is 19.7 Å². The third kappa shape index (κ3) is 4.55. The molecule has 1 amide bonds. The number of nitro groups is 1. The maximum Gasteiger partial charge on any atom is 0.273 e. The summed E-state index contributed by atoms with van der Waals surface area (Å²) in [5.74, 6) is 0.681. The van der Waals surface area contributed by atoms with Gasteiger partial charge >= 0.3 is 0 Å². The molecule has 0 unspecified atom stereocenters. The topological polar surface area (TPSA) is 129 Å². The Morgan fingerprint density at radius 3 is 2.38 bits per heavy atom. The van der Waals surface area contributed by atoms with Gasteiger partial charge in [0.2, 0.25) is 0 Å². The molecule has 184 valence electrons. The van der Waals surface area contributed by atoms with Crippen LogP contribution < -0.4 is 15.6 Å². The van der Waals surface area contributed by atoms with Crippen LogP contribution in [-0.2, 0) is 11.3 Å². The quantitative estimate of drug-likeness (QED) is 0.153. The van der Waals surface area contributed by atoms with E-state index < -0.39 is 4.92 Å². The van der Waals surface area contributed by atoms with Gasteiger partial charge in [-0.3, -0.25) is 19.7 Å². The molecule has 0 fully saturated rings. The number of hydrogen-bond donors (Lipinski definition) is 1. The van der Waals surface area contributed by atoms with Crippen LogP contribution in [0.3, 0.4) is 0 Å². The van der Waals surface area contributed by atoms with Crippen LogP contribution in [0.2, 0.25) is 0 Å². The molecular weight excluding hydrogens is 476 g/mol. The molecule has 3 aromatic carbocycles. The molecule has 10 heteroatoms. The second-order valence-corrected chi connectivity index (χ2v) is 8.09. The Morgan fingerprint density at radius 2 is 1.73 bits per heavy atom. The van der Waals surface area contributed by atoms with Crippen LogP contribution >= 0.6 is 0 Å². The number of nitrogens with zero attached hydrogens (tertiary/aromatic N) is 3. The minimum Gasteiger partial charge on any atom is -0.496 e. The molecule has 2 aromatic heterocycles. The van der Waals surface area contributed by atoms with Crippen molar-refractivity contribution in [2.24, 2.45) is 5.10 Å².